The maximum absolute atomic E-state index is 12.2. The predicted octanol–water partition coefficient (Wildman–Crippen LogP) is 1.72. The van der Waals surface area contributed by atoms with Crippen LogP contribution in [-0.2, 0) is 9.59 Å². The van der Waals surface area contributed by atoms with Gasteiger partial charge in [0.15, 0.2) is 0 Å². The SMILES string of the molecule is Nc1ccc(C#CC#Cc2ccc(C(=O)N[C@@H](CCC(=O)O)C(=O)O)cc2)cc1. The fraction of sp³-hybridized carbons (Fsp3) is 0.136. The van der Waals surface area contributed by atoms with Crippen molar-refractivity contribution in [1.82, 2.24) is 5.32 Å². The van der Waals surface area contributed by atoms with E-state index < -0.39 is 23.9 Å². The van der Waals surface area contributed by atoms with Crippen LogP contribution in [0.1, 0.15) is 34.3 Å². The molecule has 2 rings (SSSR count). The van der Waals surface area contributed by atoms with Gasteiger partial charge in [-0.2, -0.15) is 0 Å². The Morgan fingerprint density at radius 3 is 1.90 bits per heavy atom. The zero-order valence-electron chi connectivity index (χ0n) is 15.3. The normalized spacial score (nSPS) is 10.5. The standard InChI is InChI=1S/C22H18N2O5/c23-18-11-7-16(8-12-18)4-2-1-3-15-5-9-17(10-6-15)21(27)24-19(22(28)29)13-14-20(25)26/h5-12,19H,13-14,23H2,(H,24,27)(H,25,26)(H,28,29)/t19-/m0/s1. The molecule has 2 aromatic rings. The molecule has 7 heteroatoms. The minimum atomic E-state index is -1.29. The van der Waals surface area contributed by atoms with Gasteiger partial charge in [-0.15, -0.1) is 0 Å². The van der Waals surface area contributed by atoms with E-state index in [9.17, 15) is 14.4 Å². The minimum Gasteiger partial charge on any atom is -0.481 e. The third kappa shape index (κ3) is 7.12. The van der Waals surface area contributed by atoms with E-state index in [1.165, 1.54) is 12.1 Å². The lowest BCUT2D eigenvalue weighted by atomic mass is 10.1. The van der Waals surface area contributed by atoms with Crippen molar-refractivity contribution in [3.05, 3.63) is 65.2 Å². The number of carboxylic acids is 2. The van der Waals surface area contributed by atoms with Crippen molar-refractivity contribution in [2.75, 3.05) is 5.73 Å². The molecule has 0 aromatic heterocycles. The lowest BCUT2D eigenvalue weighted by molar-refractivity contribution is -0.140. The molecule has 0 unspecified atom stereocenters. The number of nitrogen functional groups attached to an aromatic ring is 1. The summed E-state index contributed by atoms with van der Waals surface area (Å²) in [6.45, 7) is 0. The average molecular weight is 390 g/mol. The molecule has 0 saturated heterocycles. The van der Waals surface area contributed by atoms with Gasteiger partial charge in [0.05, 0.1) is 0 Å². The number of hydrogen-bond acceptors (Lipinski definition) is 4. The van der Waals surface area contributed by atoms with E-state index in [2.05, 4.69) is 29.0 Å². The predicted molar refractivity (Wildman–Crippen MR) is 107 cm³/mol. The number of nitrogens with one attached hydrogen (secondary N) is 1. The lowest BCUT2D eigenvalue weighted by Gasteiger charge is -2.13. The van der Waals surface area contributed by atoms with Crippen molar-refractivity contribution in [2.24, 2.45) is 0 Å². The van der Waals surface area contributed by atoms with Crippen molar-refractivity contribution in [1.29, 1.82) is 0 Å². The van der Waals surface area contributed by atoms with Crippen LogP contribution < -0.4 is 11.1 Å². The van der Waals surface area contributed by atoms with Crippen LogP contribution >= 0.6 is 0 Å². The summed E-state index contributed by atoms with van der Waals surface area (Å²) in [7, 11) is 0. The van der Waals surface area contributed by atoms with Gasteiger partial charge in [-0.3, -0.25) is 9.59 Å². The molecular formula is C22H18N2O5. The number of aliphatic carboxylic acids is 2. The number of nitrogens with two attached hydrogens (primary N) is 1. The molecule has 1 amide bonds. The second-order valence-corrected chi connectivity index (χ2v) is 6.00. The van der Waals surface area contributed by atoms with Crippen LogP contribution in [0.5, 0.6) is 0 Å². The van der Waals surface area contributed by atoms with Crippen LogP contribution in [0.4, 0.5) is 5.69 Å². The van der Waals surface area contributed by atoms with Crippen LogP contribution in [0.25, 0.3) is 0 Å². The molecule has 7 nitrogen and oxygen atoms in total. The summed E-state index contributed by atoms with van der Waals surface area (Å²) >= 11 is 0. The third-order valence-electron chi connectivity index (χ3n) is 3.78. The Morgan fingerprint density at radius 2 is 1.41 bits per heavy atom. The molecular weight excluding hydrogens is 372 g/mol. The summed E-state index contributed by atoms with van der Waals surface area (Å²) in [5.41, 5.74) is 7.92. The number of carboxylic acid groups (broad SMARTS) is 2. The third-order valence-corrected chi connectivity index (χ3v) is 3.78. The monoisotopic (exact) mass is 390 g/mol. The number of anilines is 1. The number of rotatable bonds is 6. The molecule has 29 heavy (non-hydrogen) atoms. The Kier molecular flexibility index (Phi) is 7.41. The molecule has 0 saturated carbocycles. The van der Waals surface area contributed by atoms with E-state index in [0.29, 0.717) is 11.3 Å². The van der Waals surface area contributed by atoms with Crippen molar-refractivity contribution < 1.29 is 24.6 Å². The molecule has 0 aliphatic rings. The van der Waals surface area contributed by atoms with Crippen LogP contribution in [0.2, 0.25) is 0 Å². The maximum atomic E-state index is 12.2. The van der Waals surface area contributed by atoms with E-state index in [1.54, 1.807) is 36.4 Å². The second-order valence-electron chi connectivity index (χ2n) is 6.00. The highest BCUT2D eigenvalue weighted by atomic mass is 16.4. The topological polar surface area (TPSA) is 130 Å². The summed E-state index contributed by atoms with van der Waals surface area (Å²) in [6, 6.07) is 12.0. The fourth-order valence-electron chi connectivity index (χ4n) is 2.24. The van der Waals surface area contributed by atoms with Gasteiger partial charge in [0.2, 0.25) is 0 Å². The zero-order chi connectivity index (χ0) is 21.2. The van der Waals surface area contributed by atoms with Gasteiger partial charge in [-0.1, -0.05) is 11.8 Å². The van der Waals surface area contributed by atoms with Gasteiger partial charge in [-0.05, 0) is 66.8 Å². The summed E-state index contributed by atoms with van der Waals surface area (Å²) in [5.74, 6) is 8.14. The Labute approximate surface area is 167 Å². The average Bonchev–Trinajstić information content (AvgIpc) is 2.69. The Bertz CT molecular complexity index is 1020. The molecule has 0 radical (unpaired) electrons. The summed E-state index contributed by atoms with van der Waals surface area (Å²) < 4.78 is 0. The first kappa shape index (κ1) is 21.1. The first-order valence-electron chi connectivity index (χ1n) is 8.58. The van der Waals surface area contributed by atoms with Gasteiger partial charge in [0, 0.05) is 28.8 Å². The van der Waals surface area contributed by atoms with Gasteiger partial charge < -0.3 is 21.3 Å². The highest BCUT2D eigenvalue weighted by Crippen LogP contribution is 2.06. The molecule has 0 spiro atoms. The number of hydrogen-bond donors (Lipinski definition) is 4. The Morgan fingerprint density at radius 1 is 0.897 bits per heavy atom. The van der Waals surface area contributed by atoms with E-state index >= 15 is 0 Å². The molecule has 146 valence electrons. The lowest BCUT2D eigenvalue weighted by Crippen LogP contribution is -2.41. The Hall–Kier alpha value is -4.23. The van der Waals surface area contributed by atoms with E-state index in [-0.39, 0.29) is 18.4 Å². The van der Waals surface area contributed by atoms with Crippen molar-refractivity contribution in [3.8, 4) is 23.7 Å². The summed E-state index contributed by atoms with van der Waals surface area (Å²) in [4.78, 5) is 33.9. The van der Waals surface area contributed by atoms with Gasteiger partial charge in [-0.25, -0.2) is 4.79 Å². The fourth-order valence-corrected chi connectivity index (χ4v) is 2.24. The first-order chi connectivity index (χ1) is 13.8. The van der Waals surface area contributed by atoms with Crippen molar-refractivity contribution in [2.45, 2.75) is 18.9 Å². The zero-order valence-corrected chi connectivity index (χ0v) is 15.3. The summed E-state index contributed by atoms with van der Waals surface area (Å²) in [5, 5.41) is 20.1. The molecule has 0 aliphatic heterocycles. The number of amides is 1. The second kappa shape index (κ2) is 10.2. The minimum absolute atomic E-state index is 0.202. The van der Waals surface area contributed by atoms with Crippen molar-refractivity contribution in [3.63, 3.8) is 0 Å². The molecule has 0 aliphatic carbocycles. The van der Waals surface area contributed by atoms with Crippen LogP contribution in [0.3, 0.4) is 0 Å². The smallest absolute Gasteiger partial charge is 0.326 e. The molecule has 0 bridgehead atoms. The molecule has 5 N–H and O–H groups in total. The molecule has 0 heterocycles. The number of carbonyl (C=O) groups excluding carboxylic acids is 1. The van der Waals surface area contributed by atoms with Crippen LogP contribution in [0, 0.1) is 23.7 Å². The Balaban J connectivity index is 1.99. The van der Waals surface area contributed by atoms with Crippen molar-refractivity contribution >= 4 is 23.5 Å². The highest BCUT2D eigenvalue weighted by Gasteiger charge is 2.21. The van der Waals surface area contributed by atoms with Crippen LogP contribution in [0.15, 0.2) is 48.5 Å². The van der Waals surface area contributed by atoms with E-state index in [0.717, 1.165) is 5.56 Å². The number of carbonyl (C=O) groups is 3. The summed E-state index contributed by atoms with van der Waals surface area (Å²) in [6.07, 6.45) is -0.560. The van der Waals surface area contributed by atoms with E-state index in [1.807, 2.05) is 0 Å². The van der Waals surface area contributed by atoms with E-state index in [4.69, 9.17) is 15.9 Å². The first-order valence-corrected chi connectivity index (χ1v) is 8.58. The number of benzene rings is 2. The van der Waals surface area contributed by atoms with Gasteiger partial charge in [0.1, 0.15) is 6.04 Å². The van der Waals surface area contributed by atoms with Gasteiger partial charge in [0.25, 0.3) is 5.91 Å². The molecule has 1 atom stereocenters. The highest BCUT2D eigenvalue weighted by molar-refractivity contribution is 5.96. The van der Waals surface area contributed by atoms with Gasteiger partial charge >= 0.3 is 11.9 Å². The maximum Gasteiger partial charge on any atom is 0.326 e. The molecule has 2 aromatic carbocycles. The van der Waals surface area contributed by atoms with Crippen LogP contribution in [-0.4, -0.2) is 34.1 Å². The largest absolute Gasteiger partial charge is 0.481 e. The quantitative estimate of drug-likeness (QED) is 0.439. The molecule has 0 fully saturated rings.